The molecule has 0 atom stereocenters. The first-order chi connectivity index (χ1) is 8.99. The summed E-state index contributed by atoms with van der Waals surface area (Å²) in [7, 11) is 0. The standard InChI is InChI=1S/C13H9ClFNO3/c14-9-2-1-3-10(12(9)15)16-13(19)8-6-7(17)4-5-11(8)18/h1-6,17-18H,(H,16,19). The Morgan fingerprint density at radius 1 is 1.21 bits per heavy atom. The van der Waals surface area contributed by atoms with E-state index in [1.807, 2.05) is 0 Å². The minimum absolute atomic E-state index is 0.111. The van der Waals surface area contributed by atoms with Gasteiger partial charge in [-0.15, -0.1) is 0 Å². The zero-order valence-electron chi connectivity index (χ0n) is 9.52. The van der Waals surface area contributed by atoms with Gasteiger partial charge in [-0.05, 0) is 30.3 Å². The number of benzene rings is 2. The predicted molar refractivity (Wildman–Crippen MR) is 69.1 cm³/mol. The summed E-state index contributed by atoms with van der Waals surface area (Å²) in [6, 6.07) is 7.62. The lowest BCUT2D eigenvalue weighted by Crippen LogP contribution is -2.13. The highest BCUT2D eigenvalue weighted by Gasteiger charge is 2.15. The molecule has 0 saturated heterocycles. The summed E-state index contributed by atoms with van der Waals surface area (Å²) >= 11 is 5.58. The van der Waals surface area contributed by atoms with Gasteiger partial charge in [-0.25, -0.2) is 4.39 Å². The molecule has 0 aliphatic heterocycles. The summed E-state index contributed by atoms with van der Waals surface area (Å²) in [5, 5.41) is 20.9. The van der Waals surface area contributed by atoms with Gasteiger partial charge in [0.1, 0.15) is 11.5 Å². The molecule has 2 rings (SSSR count). The van der Waals surface area contributed by atoms with Crippen LogP contribution < -0.4 is 5.32 Å². The topological polar surface area (TPSA) is 69.6 Å². The van der Waals surface area contributed by atoms with E-state index in [0.717, 1.165) is 6.07 Å². The molecule has 98 valence electrons. The maximum Gasteiger partial charge on any atom is 0.259 e. The number of phenols is 2. The second kappa shape index (κ2) is 5.16. The van der Waals surface area contributed by atoms with Crippen molar-refractivity contribution in [3.05, 3.63) is 52.8 Å². The van der Waals surface area contributed by atoms with Crippen molar-refractivity contribution in [2.75, 3.05) is 5.32 Å². The Labute approximate surface area is 113 Å². The molecular weight excluding hydrogens is 273 g/mol. The molecule has 1 amide bonds. The van der Waals surface area contributed by atoms with E-state index >= 15 is 0 Å². The monoisotopic (exact) mass is 281 g/mol. The zero-order valence-corrected chi connectivity index (χ0v) is 10.3. The molecule has 2 aromatic rings. The number of anilines is 1. The number of aromatic hydroxyl groups is 2. The molecule has 0 aromatic heterocycles. The van der Waals surface area contributed by atoms with Gasteiger partial charge in [-0.1, -0.05) is 17.7 Å². The number of amides is 1. The molecule has 0 bridgehead atoms. The molecule has 0 aliphatic carbocycles. The number of carbonyl (C=O) groups is 1. The number of phenolic OH excluding ortho intramolecular Hbond substituents is 2. The van der Waals surface area contributed by atoms with Crippen molar-refractivity contribution in [2.24, 2.45) is 0 Å². The quantitative estimate of drug-likeness (QED) is 0.741. The molecule has 19 heavy (non-hydrogen) atoms. The van der Waals surface area contributed by atoms with Crippen LogP contribution in [0.25, 0.3) is 0 Å². The highest BCUT2D eigenvalue weighted by molar-refractivity contribution is 6.31. The van der Waals surface area contributed by atoms with Crippen LogP contribution in [-0.2, 0) is 0 Å². The second-order valence-corrected chi connectivity index (χ2v) is 4.16. The Balaban J connectivity index is 2.31. The maximum atomic E-state index is 13.6. The third-order valence-corrected chi connectivity index (χ3v) is 2.72. The zero-order chi connectivity index (χ0) is 14.0. The number of nitrogens with one attached hydrogen (secondary N) is 1. The van der Waals surface area contributed by atoms with E-state index in [0.29, 0.717) is 0 Å². The van der Waals surface area contributed by atoms with Crippen LogP contribution in [-0.4, -0.2) is 16.1 Å². The van der Waals surface area contributed by atoms with Crippen LogP contribution >= 0.6 is 11.6 Å². The fraction of sp³-hybridized carbons (Fsp3) is 0. The lowest BCUT2D eigenvalue weighted by Gasteiger charge is -2.08. The van der Waals surface area contributed by atoms with E-state index in [4.69, 9.17) is 11.6 Å². The first-order valence-electron chi connectivity index (χ1n) is 5.26. The van der Waals surface area contributed by atoms with Crippen LogP contribution in [0.4, 0.5) is 10.1 Å². The molecule has 2 aromatic carbocycles. The molecule has 4 nitrogen and oxygen atoms in total. The minimum atomic E-state index is -0.767. The van der Waals surface area contributed by atoms with Gasteiger partial charge in [0.05, 0.1) is 16.3 Å². The minimum Gasteiger partial charge on any atom is -0.508 e. The number of hydrogen-bond acceptors (Lipinski definition) is 3. The molecule has 3 N–H and O–H groups in total. The molecule has 6 heteroatoms. The van der Waals surface area contributed by atoms with Crippen LogP contribution in [0.3, 0.4) is 0 Å². The van der Waals surface area contributed by atoms with Crippen LogP contribution in [0.5, 0.6) is 11.5 Å². The van der Waals surface area contributed by atoms with Crippen molar-refractivity contribution in [1.82, 2.24) is 0 Å². The van der Waals surface area contributed by atoms with Gasteiger partial charge in [0.2, 0.25) is 0 Å². The van der Waals surface area contributed by atoms with Gasteiger partial charge >= 0.3 is 0 Å². The van der Waals surface area contributed by atoms with Crippen LogP contribution in [0.2, 0.25) is 5.02 Å². The van der Waals surface area contributed by atoms with Crippen molar-refractivity contribution in [3.8, 4) is 11.5 Å². The summed E-state index contributed by atoms with van der Waals surface area (Å²) in [5.74, 6) is -2.03. The van der Waals surface area contributed by atoms with Gasteiger partial charge in [-0.2, -0.15) is 0 Å². The summed E-state index contributed by atoms with van der Waals surface area (Å²) in [6.07, 6.45) is 0. The fourth-order valence-electron chi connectivity index (χ4n) is 1.50. The highest BCUT2D eigenvalue weighted by Crippen LogP contribution is 2.25. The molecule has 0 aliphatic rings. The van der Waals surface area contributed by atoms with Crippen LogP contribution in [0.1, 0.15) is 10.4 Å². The van der Waals surface area contributed by atoms with Gasteiger partial charge in [0, 0.05) is 0 Å². The Hall–Kier alpha value is -2.27. The van der Waals surface area contributed by atoms with E-state index in [-0.39, 0.29) is 27.8 Å². The SMILES string of the molecule is O=C(Nc1cccc(Cl)c1F)c1cc(O)ccc1O. The summed E-state index contributed by atoms with van der Waals surface area (Å²) < 4.78 is 13.6. The number of carbonyl (C=O) groups excluding carboxylic acids is 1. The van der Waals surface area contributed by atoms with E-state index < -0.39 is 11.7 Å². The largest absolute Gasteiger partial charge is 0.508 e. The third-order valence-electron chi connectivity index (χ3n) is 2.42. The van der Waals surface area contributed by atoms with Crippen molar-refractivity contribution >= 4 is 23.2 Å². The number of halogens is 2. The molecule has 0 saturated carbocycles. The molecule has 0 fully saturated rings. The summed E-state index contributed by atoms with van der Waals surface area (Å²) in [5.41, 5.74) is -0.278. The van der Waals surface area contributed by atoms with Crippen LogP contribution in [0.15, 0.2) is 36.4 Å². The summed E-state index contributed by atoms with van der Waals surface area (Å²) in [6.45, 7) is 0. The van der Waals surface area contributed by atoms with Crippen LogP contribution in [0, 0.1) is 5.82 Å². The predicted octanol–water partition coefficient (Wildman–Crippen LogP) is 3.14. The van der Waals surface area contributed by atoms with Crippen molar-refractivity contribution in [3.63, 3.8) is 0 Å². The van der Waals surface area contributed by atoms with Gasteiger partial charge < -0.3 is 15.5 Å². The maximum absolute atomic E-state index is 13.6. The molecular formula is C13H9ClFNO3. The lowest BCUT2D eigenvalue weighted by atomic mass is 10.1. The molecule has 0 radical (unpaired) electrons. The van der Waals surface area contributed by atoms with E-state index in [1.54, 1.807) is 0 Å². The third kappa shape index (κ3) is 2.77. The Morgan fingerprint density at radius 2 is 1.95 bits per heavy atom. The fourth-order valence-corrected chi connectivity index (χ4v) is 1.67. The molecule has 0 spiro atoms. The second-order valence-electron chi connectivity index (χ2n) is 3.76. The lowest BCUT2D eigenvalue weighted by molar-refractivity contribution is 0.102. The average Bonchev–Trinajstić information content (AvgIpc) is 2.38. The Kier molecular flexibility index (Phi) is 3.57. The van der Waals surface area contributed by atoms with Crippen molar-refractivity contribution in [1.29, 1.82) is 0 Å². The Bertz CT molecular complexity index is 646. The smallest absolute Gasteiger partial charge is 0.259 e. The summed E-state index contributed by atoms with van der Waals surface area (Å²) in [4.78, 5) is 11.9. The van der Waals surface area contributed by atoms with E-state index in [9.17, 15) is 19.4 Å². The number of rotatable bonds is 2. The highest BCUT2D eigenvalue weighted by atomic mass is 35.5. The molecule has 0 unspecified atom stereocenters. The van der Waals surface area contributed by atoms with Gasteiger partial charge in [-0.3, -0.25) is 4.79 Å². The van der Waals surface area contributed by atoms with Crippen molar-refractivity contribution < 1.29 is 19.4 Å². The Morgan fingerprint density at radius 3 is 2.68 bits per heavy atom. The normalized spacial score (nSPS) is 10.2. The van der Waals surface area contributed by atoms with Gasteiger partial charge in [0.25, 0.3) is 5.91 Å². The average molecular weight is 282 g/mol. The van der Waals surface area contributed by atoms with E-state index in [1.165, 1.54) is 30.3 Å². The van der Waals surface area contributed by atoms with Crippen molar-refractivity contribution in [2.45, 2.75) is 0 Å². The molecule has 0 heterocycles. The number of hydrogen-bond donors (Lipinski definition) is 3. The first-order valence-corrected chi connectivity index (χ1v) is 5.64. The first kappa shape index (κ1) is 13.2. The van der Waals surface area contributed by atoms with Gasteiger partial charge in [0.15, 0.2) is 5.82 Å². The van der Waals surface area contributed by atoms with E-state index in [2.05, 4.69) is 5.32 Å².